The molecule has 2 aromatic carbocycles. The van der Waals surface area contributed by atoms with E-state index in [4.69, 9.17) is 4.74 Å². The van der Waals surface area contributed by atoms with E-state index in [0.29, 0.717) is 31.9 Å². The molecular weight excluding hydrogens is 477 g/mol. The van der Waals surface area contributed by atoms with Crippen LogP contribution in [-0.2, 0) is 17.4 Å². The number of piperazine rings is 1. The molecule has 1 aliphatic heterocycles. The number of imidazole rings is 1. The second-order valence-corrected chi connectivity index (χ2v) is 9.16. The zero-order valence-electron chi connectivity index (χ0n) is 19.0. The molecule has 5 rings (SSSR count). The highest BCUT2D eigenvalue weighted by atomic mass is 32.1. The van der Waals surface area contributed by atoms with E-state index >= 15 is 0 Å². The predicted molar refractivity (Wildman–Crippen MR) is 129 cm³/mol. The number of aromatic nitrogens is 2. The van der Waals surface area contributed by atoms with Crippen LogP contribution in [0, 0.1) is 0 Å². The lowest BCUT2D eigenvalue weighted by atomic mass is 10.1. The zero-order valence-corrected chi connectivity index (χ0v) is 19.8. The van der Waals surface area contributed by atoms with Crippen LogP contribution in [-0.4, -0.2) is 53.5 Å². The van der Waals surface area contributed by atoms with Crippen molar-refractivity contribution in [1.82, 2.24) is 14.3 Å². The number of amides is 1. The summed E-state index contributed by atoms with van der Waals surface area (Å²) >= 11 is 1.48. The lowest BCUT2D eigenvalue weighted by Crippen LogP contribution is -2.49. The van der Waals surface area contributed by atoms with Gasteiger partial charge >= 0.3 is 6.18 Å². The predicted octanol–water partition coefficient (Wildman–Crippen LogP) is 4.98. The lowest BCUT2D eigenvalue weighted by molar-refractivity contribution is -0.137. The number of rotatable bonds is 5. The number of alkyl halides is 3. The van der Waals surface area contributed by atoms with Crippen LogP contribution in [0.2, 0.25) is 0 Å². The van der Waals surface area contributed by atoms with E-state index in [1.807, 2.05) is 45.1 Å². The van der Waals surface area contributed by atoms with E-state index in [1.165, 1.54) is 23.5 Å². The van der Waals surface area contributed by atoms with Crippen molar-refractivity contribution >= 4 is 27.9 Å². The smallest absolute Gasteiger partial charge is 0.416 e. The van der Waals surface area contributed by atoms with Gasteiger partial charge in [-0.3, -0.25) is 9.20 Å². The van der Waals surface area contributed by atoms with Crippen molar-refractivity contribution < 1.29 is 22.7 Å². The van der Waals surface area contributed by atoms with E-state index in [1.54, 1.807) is 18.1 Å². The summed E-state index contributed by atoms with van der Waals surface area (Å²) in [5, 5.41) is 1.94. The molecular formula is C25H23F3N4O2S. The number of methoxy groups -OCH3 is 1. The number of anilines is 1. The Morgan fingerprint density at radius 2 is 1.83 bits per heavy atom. The van der Waals surface area contributed by atoms with Crippen LogP contribution in [0.3, 0.4) is 0 Å². The first-order valence-corrected chi connectivity index (χ1v) is 12.0. The van der Waals surface area contributed by atoms with Gasteiger partial charge < -0.3 is 14.5 Å². The Kier molecular flexibility index (Phi) is 6.14. The number of hydrogen-bond acceptors (Lipinski definition) is 5. The fourth-order valence-electron chi connectivity index (χ4n) is 4.22. The minimum atomic E-state index is -4.37. The van der Waals surface area contributed by atoms with Crippen LogP contribution < -0.4 is 9.64 Å². The number of fused-ring (bicyclic) bond motifs is 1. The molecule has 6 nitrogen and oxygen atoms in total. The van der Waals surface area contributed by atoms with Gasteiger partial charge in [0.05, 0.1) is 24.8 Å². The van der Waals surface area contributed by atoms with Crippen LogP contribution in [0.1, 0.15) is 11.3 Å². The Morgan fingerprint density at radius 1 is 1.09 bits per heavy atom. The molecule has 0 unspecified atom stereocenters. The minimum absolute atomic E-state index is 0.00640. The topological polar surface area (TPSA) is 50.1 Å². The molecule has 182 valence electrons. The van der Waals surface area contributed by atoms with E-state index in [-0.39, 0.29) is 12.3 Å². The van der Waals surface area contributed by atoms with Crippen molar-refractivity contribution in [3.8, 4) is 17.0 Å². The van der Waals surface area contributed by atoms with Crippen molar-refractivity contribution in [2.75, 3.05) is 38.2 Å². The summed E-state index contributed by atoms with van der Waals surface area (Å²) in [5.41, 5.74) is 2.51. The number of carbonyl (C=O) groups is 1. The summed E-state index contributed by atoms with van der Waals surface area (Å²) < 4.78 is 46.3. The molecule has 0 saturated carbocycles. The molecule has 0 spiro atoms. The van der Waals surface area contributed by atoms with Crippen LogP contribution in [0.5, 0.6) is 5.75 Å². The van der Waals surface area contributed by atoms with Crippen LogP contribution in [0.15, 0.2) is 60.1 Å². The second-order valence-electron chi connectivity index (χ2n) is 8.33. The maximum atomic E-state index is 13.0. The average Bonchev–Trinajstić information content (AvgIpc) is 3.46. The summed E-state index contributed by atoms with van der Waals surface area (Å²) in [6.07, 6.45) is -2.20. The fourth-order valence-corrected chi connectivity index (χ4v) is 5.09. The molecule has 2 aromatic heterocycles. The Morgan fingerprint density at radius 3 is 2.51 bits per heavy atom. The first-order chi connectivity index (χ1) is 16.8. The Labute approximate surface area is 204 Å². The van der Waals surface area contributed by atoms with Gasteiger partial charge in [0.2, 0.25) is 5.91 Å². The molecule has 0 bridgehead atoms. The Bertz CT molecular complexity index is 1340. The van der Waals surface area contributed by atoms with Crippen LogP contribution in [0.25, 0.3) is 16.2 Å². The van der Waals surface area contributed by atoms with Crippen LogP contribution in [0.4, 0.5) is 18.9 Å². The molecule has 4 aromatic rings. The first-order valence-electron chi connectivity index (χ1n) is 11.1. The third-order valence-corrected chi connectivity index (χ3v) is 7.06. The number of thiazole rings is 1. The van der Waals surface area contributed by atoms with Crippen molar-refractivity contribution in [3.63, 3.8) is 0 Å². The van der Waals surface area contributed by atoms with Crippen molar-refractivity contribution in [2.24, 2.45) is 0 Å². The average molecular weight is 501 g/mol. The van der Waals surface area contributed by atoms with Gasteiger partial charge in [-0.25, -0.2) is 4.98 Å². The number of ether oxygens (including phenoxy) is 1. The monoisotopic (exact) mass is 500 g/mol. The molecule has 1 fully saturated rings. The summed E-state index contributed by atoms with van der Waals surface area (Å²) in [7, 11) is 1.62. The molecule has 1 aliphatic rings. The molecule has 1 amide bonds. The third kappa shape index (κ3) is 4.84. The molecule has 0 aliphatic carbocycles. The molecule has 0 atom stereocenters. The van der Waals surface area contributed by atoms with Crippen LogP contribution >= 0.6 is 11.3 Å². The van der Waals surface area contributed by atoms with E-state index in [2.05, 4.69) is 4.98 Å². The van der Waals surface area contributed by atoms with Gasteiger partial charge in [-0.15, -0.1) is 11.3 Å². The molecule has 0 N–H and O–H groups in total. The van der Waals surface area contributed by atoms with E-state index in [9.17, 15) is 18.0 Å². The molecule has 35 heavy (non-hydrogen) atoms. The van der Waals surface area contributed by atoms with Gasteiger partial charge in [0.1, 0.15) is 5.75 Å². The second kappa shape index (κ2) is 9.26. The quantitative estimate of drug-likeness (QED) is 0.388. The standard InChI is InChI=1S/C25H23F3N4O2S/c1-34-21-7-5-17(6-8-21)22-15-32-20(16-35-24(32)29-22)14-23(33)31-11-9-30(10-12-31)19-4-2-3-18(13-19)25(26,27)28/h2-8,13,15-16H,9-12,14H2,1H3. The third-order valence-electron chi connectivity index (χ3n) is 6.17. The van der Waals surface area contributed by atoms with Gasteiger partial charge in [-0.1, -0.05) is 6.07 Å². The number of nitrogens with zero attached hydrogens (tertiary/aromatic N) is 4. The molecule has 3 heterocycles. The van der Waals surface area contributed by atoms with Gasteiger partial charge in [-0.2, -0.15) is 13.2 Å². The van der Waals surface area contributed by atoms with Crippen molar-refractivity contribution in [2.45, 2.75) is 12.6 Å². The largest absolute Gasteiger partial charge is 0.497 e. The minimum Gasteiger partial charge on any atom is -0.497 e. The number of benzene rings is 2. The molecule has 0 radical (unpaired) electrons. The zero-order chi connectivity index (χ0) is 24.6. The number of halogens is 3. The maximum absolute atomic E-state index is 13.0. The van der Waals surface area contributed by atoms with Crippen molar-refractivity contribution in [3.05, 3.63) is 71.4 Å². The van der Waals surface area contributed by atoms with Crippen molar-refractivity contribution in [1.29, 1.82) is 0 Å². The van der Waals surface area contributed by atoms with E-state index < -0.39 is 11.7 Å². The SMILES string of the molecule is COc1ccc(-c2cn3c(CC(=O)N4CCN(c5cccc(C(F)(F)F)c5)CC4)csc3n2)cc1. The normalized spacial score (nSPS) is 14.5. The molecule has 10 heteroatoms. The summed E-state index contributed by atoms with van der Waals surface area (Å²) in [6.45, 7) is 1.89. The fraction of sp³-hybridized carbons (Fsp3) is 0.280. The first kappa shape index (κ1) is 23.2. The highest BCUT2D eigenvalue weighted by molar-refractivity contribution is 7.15. The summed E-state index contributed by atoms with van der Waals surface area (Å²) in [4.78, 5) is 22.2. The molecule has 1 saturated heterocycles. The van der Waals surface area contributed by atoms with Gasteiger partial charge in [-0.05, 0) is 42.5 Å². The maximum Gasteiger partial charge on any atom is 0.416 e. The lowest BCUT2D eigenvalue weighted by Gasteiger charge is -2.36. The van der Waals surface area contributed by atoms with Gasteiger partial charge in [0.25, 0.3) is 0 Å². The summed E-state index contributed by atoms with van der Waals surface area (Å²) in [6, 6.07) is 13.0. The van der Waals surface area contributed by atoms with Gasteiger partial charge in [0, 0.05) is 54.7 Å². The number of hydrogen-bond donors (Lipinski definition) is 0. The van der Waals surface area contributed by atoms with E-state index in [0.717, 1.165) is 33.7 Å². The number of carbonyl (C=O) groups excluding carboxylic acids is 1. The Balaban J connectivity index is 1.24. The highest BCUT2D eigenvalue weighted by Gasteiger charge is 2.31. The summed E-state index contributed by atoms with van der Waals surface area (Å²) in [5.74, 6) is 0.766. The Hall–Kier alpha value is -3.53. The highest BCUT2D eigenvalue weighted by Crippen LogP contribution is 2.32. The van der Waals surface area contributed by atoms with Gasteiger partial charge in [0.15, 0.2) is 4.96 Å².